The smallest absolute Gasteiger partial charge is 0.387 e. The number of alkyl halides is 2. The van der Waals surface area contributed by atoms with Crippen LogP contribution in [0.1, 0.15) is 10.4 Å². The number of amides is 1. The molecule has 5 N–H and O–H groups in total. The summed E-state index contributed by atoms with van der Waals surface area (Å²) in [6.07, 6.45) is 0. The highest BCUT2D eigenvalue weighted by Gasteiger charge is 2.14. The van der Waals surface area contributed by atoms with E-state index in [1.807, 2.05) is 0 Å². The molecule has 110 valence electrons. The second-order valence-corrected chi connectivity index (χ2v) is 4.13. The van der Waals surface area contributed by atoms with Crippen LogP contribution in [0.3, 0.4) is 0 Å². The van der Waals surface area contributed by atoms with E-state index in [1.165, 1.54) is 18.2 Å². The van der Waals surface area contributed by atoms with Crippen LogP contribution in [-0.4, -0.2) is 12.5 Å². The number of rotatable bonds is 5. The number of hydrogen-bond donors (Lipinski definition) is 3. The minimum Gasteiger partial charge on any atom is -0.433 e. The number of anilines is 3. The first-order valence-corrected chi connectivity index (χ1v) is 5.98. The van der Waals surface area contributed by atoms with E-state index < -0.39 is 12.5 Å². The molecule has 0 aliphatic heterocycles. The van der Waals surface area contributed by atoms with E-state index in [9.17, 15) is 13.6 Å². The predicted octanol–water partition coefficient (Wildman–Crippen LogP) is 2.71. The summed E-state index contributed by atoms with van der Waals surface area (Å²) in [5, 5.41) is 2.81. The second-order valence-electron chi connectivity index (χ2n) is 4.13. The Kier molecular flexibility index (Phi) is 4.22. The molecular formula is C14H13F2N3O2. The van der Waals surface area contributed by atoms with E-state index in [2.05, 4.69) is 10.1 Å². The van der Waals surface area contributed by atoms with Crippen molar-refractivity contribution in [3.05, 3.63) is 48.0 Å². The van der Waals surface area contributed by atoms with Gasteiger partial charge in [-0.05, 0) is 24.3 Å². The fraction of sp³-hybridized carbons (Fsp3) is 0.0714. The molecule has 0 aliphatic carbocycles. The van der Waals surface area contributed by atoms with Crippen LogP contribution in [0.2, 0.25) is 0 Å². The number of halogens is 2. The first kappa shape index (κ1) is 14.6. The van der Waals surface area contributed by atoms with Gasteiger partial charge in [-0.25, -0.2) is 0 Å². The van der Waals surface area contributed by atoms with Gasteiger partial charge in [-0.3, -0.25) is 4.79 Å². The Morgan fingerprint density at radius 2 is 1.86 bits per heavy atom. The van der Waals surface area contributed by atoms with E-state index in [4.69, 9.17) is 11.5 Å². The van der Waals surface area contributed by atoms with Gasteiger partial charge in [-0.1, -0.05) is 18.2 Å². The summed E-state index contributed by atoms with van der Waals surface area (Å²) >= 11 is 0. The highest BCUT2D eigenvalue weighted by atomic mass is 19.3. The molecule has 2 aromatic rings. The van der Waals surface area contributed by atoms with Crippen molar-refractivity contribution >= 4 is 23.0 Å². The summed E-state index contributed by atoms with van der Waals surface area (Å²) in [7, 11) is 0. The molecule has 1 amide bonds. The molecule has 0 saturated carbocycles. The Morgan fingerprint density at radius 3 is 2.52 bits per heavy atom. The summed E-state index contributed by atoms with van der Waals surface area (Å²) < 4.78 is 29.2. The Bertz CT molecular complexity index is 662. The molecule has 7 heteroatoms. The number of ether oxygens (including phenoxy) is 1. The molecule has 0 radical (unpaired) electrons. The van der Waals surface area contributed by atoms with Gasteiger partial charge in [-0.2, -0.15) is 8.78 Å². The van der Waals surface area contributed by atoms with Crippen LogP contribution in [0.25, 0.3) is 0 Å². The van der Waals surface area contributed by atoms with Gasteiger partial charge in [-0.15, -0.1) is 0 Å². The first-order valence-electron chi connectivity index (χ1n) is 5.98. The topological polar surface area (TPSA) is 90.4 Å². The number of nitrogens with two attached hydrogens (primary N) is 2. The molecule has 0 spiro atoms. The highest BCUT2D eigenvalue weighted by Crippen LogP contribution is 2.32. The molecule has 0 atom stereocenters. The zero-order valence-electron chi connectivity index (χ0n) is 10.8. The normalized spacial score (nSPS) is 10.4. The quantitative estimate of drug-likeness (QED) is 0.739. The number of para-hydroxylation sites is 3. The van der Waals surface area contributed by atoms with Crippen LogP contribution in [0.5, 0.6) is 5.75 Å². The predicted molar refractivity (Wildman–Crippen MR) is 75.7 cm³/mol. The molecule has 0 bridgehead atoms. The summed E-state index contributed by atoms with van der Waals surface area (Å²) in [5.41, 5.74) is 12.0. The van der Waals surface area contributed by atoms with Crippen molar-refractivity contribution in [1.82, 2.24) is 0 Å². The van der Waals surface area contributed by atoms with E-state index in [1.54, 1.807) is 24.3 Å². The van der Waals surface area contributed by atoms with Gasteiger partial charge >= 0.3 is 6.61 Å². The van der Waals surface area contributed by atoms with Gasteiger partial charge in [0.25, 0.3) is 5.91 Å². The third kappa shape index (κ3) is 3.38. The number of benzene rings is 2. The molecule has 0 fully saturated rings. The summed E-state index contributed by atoms with van der Waals surface area (Å²) in [4.78, 5) is 11.4. The van der Waals surface area contributed by atoms with Crippen LogP contribution in [0, 0.1) is 0 Å². The van der Waals surface area contributed by atoms with Crippen LogP contribution in [0.15, 0.2) is 42.5 Å². The van der Waals surface area contributed by atoms with E-state index >= 15 is 0 Å². The lowest BCUT2D eigenvalue weighted by molar-refractivity contribution is -0.0493. The Hall–Kier alpha value is -2.83. The maximum absolute atomic E-state index is 12.4. The lowest BCUT2D eigenvalue weighted by Crippen LogP contribution is -2.14. The third-order valence-corrected chi connectivity index (χ3v) is 2.72. The zero-order valence-corrected chi connectivity index (χ0v) is 10.8. The van der Waals surface area contributed by atoms with Gasteiger partial charge in [0.2, 0.25) is 0 Å². The van der Waals surface area contributed by atoms with Crippen molar-refractivity contribution < 1.29 is 18.3 Å². The number of carbonyl (C=O) groups is 1. The molecule has 0 saturated heterocycles. The number of hydrogen-bond acceptors (Lipinski definition) is 4. The van der Waals surface area contributed by atoms with Crippen molar-refractivity contribution in [2.75, 3.05) is 11.1 Å². The first-order chi connectivity index (χ1) is 9.99. The Morgan fingerprint density at radius 1 is 1.14 bits per heavy atom. The molecule has 0 heterocycles. The van der Waals surface area contributed by atoms with Gasteiger partial charge in [0.15, 0.2) is 0 Å². The monoisotopic (exact) mass is 293 g/mol. The second kappa shape index (κ2) is 6.08. The fourth-order valence-electron chi connectivity index (χ4n) is 1.82. The minimum absolute atomic E-state index is 0.0637. The number of primary amides is 1. The van der Waals surface area contributed by atoms with Gasteiger partial charge in [0, 0.05) is 0 Å². The zero-order chi connectivity index (χ0) is 15.4. The highest BCUT2D eigenvalue weighted by molar-refractivity contribution is 6.02. The molecule has 0 aromatic heterocycles. The van der Waals surface area contributed by atoms with Crippen LogP contribution < -0.4 is 21.5 Å². The molecule has 2 aromatic carbocycles. The molecule has 2 rings (SSSR count). The van der Waals surface area contributed by atoms with Gasteiger partial charge < -0.3 is 21.5 Å². The fourth-order valence-corrected chi connectivity index (χ4v) is 1.82. The van der Waals surface area contributed by atoms with E-state index in [0.717, 1.165) is 0 Å². The maximum Gasteiger partial charge on any atom is 0.387 e. The Balaban J connectivity index is 2.41. The van der Waals surface area contributed by atoms with Crippen LogP contribution in [-0.2, 0) is 0 Å². The maximum atomic E-state index is 12.4. The standard InChI is InChI=1S/C14H13F2N3O2/c15-14(16)21-11-7-2-1-6-10(11)19-12-8(13(18)20)4-3-5-9(12)17/h1-7,14,19H,17H2,(H2,18,20). The number of nitrogen functional groups attached to an aromatic ring is 1. The van der Waals surface area contributed by atoms with Crippen LogP contribution >= 0.6 is 0 Å². The Labute approximate surface area is 119 Å². The number of carbonyl (C=O) groups excluding carboxylic acids is 1. The minimum atomic E-state index is -2.96. The van der Waals surface area contributed by atoms with Gasteiger partial charge in [0.1, 0.15) is 5.75 Å². The summed E-state index contributed by atoms with van der Waals surface area (Å²) in [6, 6.07) is 10.7. The molecule has 21 heavy (non-hydrogen) atoms. The average Bonchev–Trinajstić information content (AvgIpc) is 2.42. The third-order valence-electron chi connectivity index (χ3n) is 2.72. The molecule has 0 aliphatic rings. The number of nitrogens with one attached hydrogen (secondary N) is 1. The molecular weight excluding hydrogens is 280 g/mol. The van der Waals surface area contributed by atoms with Crippen molar-refractivity contribution in [2.24, 2.45) is 5.73 Å². The van der Waals surface area contributed by atoms with E-state index in [0.29, 0.717) is 0 Å². The molecule has 5 nitrogen and oxygen atoms in total. The molecule has 0 unspecified atom stereocenters. The van der Waals surface area contributed by atoms with Crippen molar-refractivity contribution in [2.45, 2.75) is 6.61 Å². The summed E-state index contributed by atoms with van der Waals surface area (Å²) in [6.45, 7) is -2.96. The van der Waals surface area contributed by atoms with Gasteiger partial charge in [0.05, 0.1) is 22.6 Å². The van der Waals surface area contributed by atoms with E-state index in [-0.39, 0.29) is 28.4 Å². The average molecular weight is 293 g/mol. The van der Waals surface area contributed by atoms with Crippen LogP contribution in [0.4, 0.5) is 25.8 Å². The largest absolute Gasteiger partial charge is 0.433 e. The van der Waals surface area contributed by atoms with Crippen molar-refractivity contribution in [3.8, 4) is 5.75 Å². The lowest BCUT2D eigenvalue weighted by atomic mass is 10.1. The lowest BCUT2D eigenvalue weighted by Gasteiger charge is -2.15. The SMILES string of the molecule is NC(=O)c1cccc(N)c1Nc1ccccc1OC(F)F. The van der Waals surface area contributed by atoms with Crippen molar-refractivity contribution in [1.29, 1.82) is 0 Å². The summed E-state index contributed by atoms with van der Waals surface area (Å²) in [5.74, 6) is -0.747. The van der Waals surface area contributed by atoms with Crippen molar-refractivity contribution in [3.63, 3.8) is 0 Å².